The third-order valence-electron chi connectivity index (χ3n) is 11.3. The molecule has 53 heavy (non-hydrogen) atoms. The average Bonchev–Trinajstić information content (AvgIpc) is 3.23. The monoisotopic (exact) mass is 711 g/mol. The van der Waals surface area contributed by atoms with Crippen molar-refractivity contribution in [2.75, 3.05) is 4.90 Å². The second kappa shape index (κ2) is 11.8. The molecule has 3 aliphatic rings. The summed E-state index contributed by atoms with van der Waals surface area (Å²) in [6.07, 6.45) is 0. The number of anilines is 3. The van der Waals surface area contributed by atoms with Gasteiger partial charge < -0.3 is 14.4 Å². The van der Waals surface area contributed by atoms with Gasteiger partial charge in [0.2, 0.25) is 0 Å². The topological polar surface area (TPSA) is 21.7 Å². The number of rotatable bonds is 3. The normalized spacial score (nSPS) is 15.4. The summed E-state index contributed by atoms with van der Waals surface area (Å²) in [7, 11) is -4.66. The molecule has 1 atom stereocenters. The molecule has 3 aliphatic heterocycles. The van der Waals surface area contributed by atoms with E-state index in [-0.39, 0.29) is 0 Å². The number of nitrogens with zero attached hydrogens (tertiary/aromatic N) is 1. The molecule has 0 N–H and O–H groups in total. The summed E-state index contributed by atoms with van der Waals surface area (Å²) in [5.74, 6) is 3.66. The van der Waals surface area contributed by atoms with E-state index in [1.807, 2.05) is 24.3 Å². The highest BCUT2D eigenvalue weighted by Gasteiger charge is 2.53. The minimum absolute atomic E-state index is 0.856. The third kappa shape index (κ3) is 4.45. The van der Waals surface area contributed by atoms with Gasteiger partial charge in [0.15, 0.2) is 19.6 Å². The maximum absolute atomic E-state index is 6.71. The highest BCUT2D eigenvalue weighted by Crippen LogP contribution is 2.50. The van der Waals surface area contributed by atoms with Crippen molar-refractivity contribution in [3.63, 3.8) is 0 Å². The Hall–Kier alpha value is -6.41. The molecule has 8 aromatic rings. The first-order valence-electron chi connectivity index (χ1n) is 18.2. The summed E-state index contributed by atoms with van der Waals surface area (Å²) in [4.78, 5) is 2.30. The lowest BCUT2D eigenvalue weighted by atomic mass is 10.0. The molecule has 0 aliphatic carbocycles. The molecular weight excluding hydrogens is 679 g/mol. The molecule has 0 aromatic heterocycles. The summed E-state index contributed by atoms with van der Waals surface area (Å²) < 4.78 is 13.0. The zero-order chi connectivity index (χ0) is 34.9. The molecule has 0 saturated heterocycles. The Kier molecular flexibility index (Phi) is 6.74. The SMILES string of the molecule is c1ccc([SiH]2c3ccccc3[Si]3(c4ccccc4Oc4ccccc43)c3cc(-c4ccc(N5c6ccccc6Oc6ccccc65)cc4)ccc32)cc1. The molecule has 3 nitrogen and oxygen atoms in total. The van der Waals surface area contributed by atoms with Gasteiger partial charge in [0.1, 0.15) is 20.3 Å². The lowest BCUT2D eigenvalue weighted by Crippen LogP contribution is -2.87. The van der Waals surface area contributed by atoms with E-state index in [4.69, 9.17) is 9.47 Å². The van der Waals surface area contributed by atoms with Gasteiger partial charge >= 0.3 is 0 Å². The molecule has 8 aromatic carbocycles. The molecule has 3 heterocycles. The fourth-order valence-corrected chi connectivity index (χ4v) is 19.5. The number of benzene rings is 8. The lowest BCUT2D eigenvalue weighted by molar-refractivity contribution is 0.477. The van der Waals surface area contributed by atoms with Gasteiger partial charge in [0, 0.05) is 5.69 Å². The van der Waals surface area contributed by atoms with Gasteiger partial charge in [-0.1, -0.05) is 161 Å². The summed E-state index contributed by atoms with van der Waals surface area (Å²) >= 11 is 0. The minimum atomic E-state index is -2.82. The fourth-order valence-electron chi connectivity index (χ4n) is 9.08. The van der Waals surface area contributed by atoms with Crippen molar-refractivity contribution in [3.05, 3.63) is 194 Å². The van der Waals surface area contributed by atoms with Gasteiger partial charge in [-0.05, 0) is 80.4 Å². The van der Waals surface area contributed by atoms with E-state index >= 15 is 0 Å². The van der Waals surface area contributed by atoms with Gasteiger partial charge in [0.25, 0.3) is 0 Å². The molecule has 0 saturated carbocycles. The third-order valence-corrected chi connectivity index (χ3v) is 20.1. The fraction of sp³-hybridized carbons (Fsp3) is 0. The van der Waals surface area contributed by atoms with E-state index < -0.39 is 16.9 Å². The summed E-state index contributed by atoms with van der Waals surface area (Å²) in [5, 5.41) is 10.1. The Morgan fingerprint density at radius 2 is 0.868 bits per heavy atom. The van der Waals surface area contributed by atoms with E-state index in [2.05, 4.69) is 175 Å². The minimum Gasteiger partial charge on any atom is -0.458 e. The standard InChI is InChI=1S/C48H33NO2Si2/c1-2-14-36(15-3-1)52-43-22-10-13-25-47(43)53(45-23-11-8-20-41(45)51-42-21-9-12-24-46(42)53)48-32-34(28-31-44(48)52)33-26-29-35(30-27-33)49-37-16-4-6-18-39(37)50-40-19-7-5-17-38(40)49/h1-32,52H. The van der Waals surface area contributed by atoms with Crippen LogP contribution in [0.25, 0.3) is 11.1 Å². The molecule has 0 radical (unpaired) electrons. The van der Waals surface area contributed by atoms with Gasteiger partial charge in [-0.2, -0.15) is 0 Å². The second-order valence-corrected chi connectivity index (χ2v) is 20.4. The van der Waals surface area contributed by atoms with Crippen molar-refractivity contribution in [1.29, 1.82) is 0 Å². The van der Waals surface area contributed by atoms with Crippen LogP contribution in [0.15, 0.2) is 194 Å². The average molecular weight is 712 g/mol. The van der Waals surface area contributed by atoms with Crippen molar-refractivity contribution < 1.29 is 9.47 Å². The zero-order valence-electron chi connectivity index (χ0n) is 28.8. The smallest absolute Gasteiger partial charge is 0.188 e. The van der Waals surface area contributed by atoms with Gasteiger partial charge in [0.05, 0.1) is 11.4 Å². The number of para-hydroxylation sites is 6. The molecule has 0 fully saturated rings. The quantitative estimate of drug-likeness (QED) is 0.185. The van der Waals surface area contributed by atoms with Crippen LogP contribution in [-0.2, 0) is 0 Å². The van der Waals surface area contributed by atoms with E-state index in [0.29, 0.717) is 0 Å². The Morgan fingerprint density at radius 1 is 0.377 bits per heavy atom. The molecule has 250 valence electrons. The maximum Gasteiger partial charge on any atom is 0.188 e. The number of fused-ring (bicyclic) bond motifs is 10. The first-order chi connectivity index (χ1) is 26.3. The van der Waals surface area contributed by atoms with Crippen LogP contribution in [-0.4, -0.2) is 16.9 Å². The zero-order valence-corrected chi connectivity index (χ0v) is 31.0. The summed E-state index contributed by atoms with van der Waals surface area (Å²) in [6.45, 7) is 0. The van der Waals surface area contributed by atoms with Crippen LogP contribution in [0.3, 0.4) is 0 Å². The van der Waals surface area contributed by atoms with Crippen molar-refractivity contribution in [2.45, 2.75) is 0 Å². The van der Waals surface area contributed by atoms with Crippen LogP contribution in [0.4, 0.5) is 17.1 Å². The second-order valence-electron chi connectivity index (χ2n) is 14.0. The molecule has 0 bridgehead atoms. The molecule has 1 unspecified atom stereocenters. The van der Waals surface area contributed by atoms with Crippen molar-refractivity contribution in [3.8, 4) is 34.1 Å². The van der Waals surface area contributed by atoms with Gasteiger partial charge in [-0.15, -0.1) is 0 Å². The number of hydrogen-bond donors (Lipinski definition) is 0. The van der Waals surface area contributed by atoms with Crippen LogP contribution >= 0.6 is 0 Å². The molecule has 1 spiro atoms. The predicted molar refractivity (Wildman–Crippen MR) is 223 cm³/mol. The molecule has 0 amide bonds. The van der Waals surface area contributed by atoms with E-state index in [9.17, 15) is 0 Å². The Balaban J connectivity index is 1.13. The van der Waals surface area contributed by atoms with Crippen LogP contribution in [0.1, 0.15) is 0 Å². The molecular formula is C48H33NO2Si2. The lowest BCUT2D eigenvalue weighted by Gasteiger charge is -2.46. The van der Waals surface area contributed by atoms with Crippen molar-refractivity contribution >= 4 is 70.2 Å². The Bertz CT molecular complexity index is 2620. The van der Waals surface area contributed by atoms with Crippen molar-refractivity contribution in [2.24, 2.45) is 0 Å². The predicted octanol–water partition coefficient (Wildman–Crippen LogP) is 6.97. The number of ether oxygens (including phenoxy) is 2. The van der Waals surface area contributed by atoms with Crippen LogP contribution < -0.4 is 50.7 Å². The summed E-state index contributed by atoms with van der Waals surface area (Å²) in [6, 6.07) is 71.1. The first kappa shape index (κ1) is 30.2. The molecule has 5 heteroatoms. The van der Waals surface area contributed by atoms with Gasteiger partial charge in [-0.25, -0.2) is 0 Å². The Morgan fingerprint density at radius 3 is 1.53 bits per heavy atom. The Labute approximate surface area is 311 Å². The van der Waals surface area contributed by atoms with Crippen LogP contribution in [0.2, 0.25) is 0 Å². The number of hydrogen-bond acceptors (Lipinski definition) is 3. The maximum atomic E-state index is 6.71. The van der Waals surface area contributed by atoms with E-state index in [1.165, 1.54) is 47.4 Å². The van der Waals surface area contributed by atoms with Crippen LogP contribution in [0.5, 0.6) is 23.0 Å². The van der Waals surface area contributed by atoms with Gasteiger partial charge in [-0.3, -0.25) is 0 Å². The highest BCUT2D eigenvalue weighted by molar-refractivity contribution is 7.27. The van der Waals surface area contributed by atoms with Crippen LogP contribution in [0, 0.1) is 0 Å². The van der Waals surface area contributed by atoms with Crippen molar-refractivity contribution in [1.82, 2.24) is 0 Å². The summed E-state index contributed by atoms with van der Waals surface area (Å²) in [5.41, 5.74) is 5.59. The van der Waals surface area contributed by atoms with E-state index in [0.717, 1.165) is 40.1 Å². The largest absolute Gasteiger partial charge is 0.458 e. The molecule has 11 rings (SSSR count). The highest BCUT2D eigenvalue weighted by atomic mass is 28.3. The van der Waals surface area contributed by atoms with E-state index in [1.54, 1.807) is 0 Å². The first-order valence-corrected chi connectivity index (χ1v) is 21.9.